The van der Waals surface area contributed by atoms with Crippen LogP contribution in [0.25, 0.3) is 5.57 Å². The summed E-state index contributed by atoms with van der Waals surface area (Å²) in [7, 11) is 0. The number of carbonyl (C=O) groups is 2. The van der Waals surface area contributed by atoms with Crippen molar-refractivity contribution in [2.45, 2.75) is 0 Å². The number of benzene rings is 1. The number of imide groups is 1. The molecule has 0 aliphatic carbocycles. The van der Waals surface area contributed by atoms with Gasteiger partial charge in [0.05, 0.1) is 10.5 Å². The second-order valence-corrected chi connectivity index (χ2v) is 3.18. The number of nitro benzene ring substituents is 1. The largest absolute Gasteiger partial charge is 0.289 e. The van der Waals surface area contributed by atoms with Crippen LogP contribution in [0.3, 0.4) is 0 Å². The summed E-state index contributed by atoms with van der Waals surface area (Å²) in [5.74, 6) is -1.04. The summed E-state index contributed by atoms with van der Waals surface area (Å²) < 4.78 is 0. The third-order valence-electron chi connectivity index (χ3n) is 2.12. The fourth-order valence-electron chi connectivity index (χ4n) is 1.41. The average Bonchev–Trinajstić information content (AvgIpc) is 2.58. The van der Waals surface area contributed by atoms with Crippen LogP contribution in [0, 0.1) is 10.1 Å². The molecule has 1 heterocycles. The Hall–Kier alpha value is -2.50. The Kier molecular flexibility index (Phi) is 2.24. The van der Waals surface area contributed by atoms with Gasteiger partial charge in [0.2, 0.25) is 0 Å². The summed E-state index contributed by atoms with van der Waals surface area (Å²) in [4.78, 5) is 32.2. The minimum atomic E-state index is -0.557. The van der Waals surface area contributed by atoms with Crippen molar-refractivity contribution in [3.63, 3.8) is 0 Å². The van der Waals surface area contributed by atoms with E-state index in [9.17, 15) is 19.7 Å². The number of rotatable bonds is 2. The zero-order valence-corrected chi connectivity index (χ0v) is 7.97. The summed E-state index contributed by atoms with van der Waals surface area (Å²) in [5.41, 5.74) is 0.386. The molecular weight excluding hydrogens is 212 g/mol. The van der Waals surface area contributed by atoms with Crippen molar-refractivity contribution >= 4 is 23.1 Å². The summed E-state index contributed by atoms with van der Waals surface area (Å²) in [6.45, 7) is 0. The van der Waals surface area contributed by atoms with Gasteiger partial charge in [-0.3, -0.25) is 25.0 Å². The molecule has 80 valence electrons. The van der Waals surface area contributed by atoms with E-state index < -0.39 is 16.7 Å². The number of nitrogens with zero attached hydrogens (tertiary/aromatic N) is 1. The van der Waals surface area contributed by atoms with Gasteiger partial charge >= 0.3 is 0 Å². The van der Waals surface area contributed by atoms with Crippen molar-refractivity contribution < 1.29 is 14.5 Å². The van der Waals surface area contributed by atoms with Crippen molar-refractivity contribution in [3.05, 3.63) is 46.0 Å². The predicted octanol–water partition coefficient (Wildman–Crippen LogP) is 0.635. The lowest BCUT2D eigenvalue weighted by molar-refractivity contribution is -0.384. The topological polar surface area (TPSA) is 89.3 Å². The lowest BCUT2D eigenvalue weighted by atomic mass is 10.1. The van der Waals surface area contributed by atoms with E-state index in [1.165, 1.54) is 24.3 Å². The molecule has 0 fully saturated rings. The normalized spacial score (nSPS) is 14.6. The van der Waals surface area contributed by atoms with Crippen molar-refractivity contribution in [2.75, 3.05) is 0 Å². The van der Waals surface area contributed by atoms with Crippen molar-refractivity contribution in [1.29, 1.82) is 0 Å². The average molecular weight is 218 g/mol. The van der Waals surface area contributed by atoms with E-state index in [-0.39, 0.29) is 11.3 Å². The number of carbonyl (C=O) groups excluding carboxylic acids is 2. The highest BCUT2D eigenvalue weighted by Crippen LogP contribution is 2.22. The van der Waals surface area contributed by atoms with E-state index in [1.54, 1.807) is 0 Å². The summed E-state index contributed by atoms with van der Waals surface area (Å²) in [6, 6.07) is 5.57. The van der Waals surface area contributed by atoms with E-state index >= 15 is 0 Å². The van der Waals surface area contributed by atoms with Gasteiger partial charge in [-0.2, -0.15) is 0 Å². The molecule has 1 aliphatic rings. The first-order valence-electron chi connectivity index (χ1n) is 4.40. The Morgan fingerprint density at radius 2 is 2.00 bits per heavy atom. The number of amides is 2. The Morgan fingerprint density at radius 3 is 2.56 bits per heavy atom. The molecule has 0 atom stereocenters. The van der Waals surface area contributed by atoms with Crippen LogP contribution in [-0.2, 0) is 9.59 Å². The highest BCUT2D eigenvalue weighted by molar-refractivity contribution is 6.33. The molecule has 0 aromatic heterocycles. The maximum Gasteiger partial charge on any atom is 0.270 e. The molecule has 0 saturated heterocycles. The van der Waals surface area contributed by atoms with Crippen molar-refractivity contribution in [1.82, 2.24) is 5.32 Å². The minimum Gasteiger partial charge on any atom is -0.289 e. The van der Waals surface area contributed by atoms with Crippen LogP contribution in [0.5, 0.6) is 0 Å². The SMILES string of the molecule is O=C1C=C(c2cccc([N+](=O)[O-])c2)C(=O)N1. The zero-order valence-electron chi connectivity index (χ0n) is 7.97. The molecule has 1 aromatic carbocycles. The fraction of sp³-hybridized carbons (Fsp3) is 0. The minimum absolute atomic E-state index is 0.120. The molecule has 6 nitrogen and oxygen atoms in total. The molecule has 16 heavy (non-hydrogen) atoms. The molecular formula is C10H6N2O4. The van der Waals surface area contributed by atoms with Crippen molar-refractivity contribution in [2.24, 2.45) is 0 Å². The predicted molar refractivity (Wildman–Crippen MR) is 54.2 cm³/mol. The highest BCUT2D eigenvalue weighted by atomic mass is 16.6. The van der Waals surface area contributed by atoms with Gasteiger partial charge < -0.3 is 0 Å². The maximum atomic E-state index is 11.3. The van der Waals surface area contributed by atoms with E-state index in [1.807, 2.05) is 0 Å². The lowest BCUT2D eigenvalue weighted by Gasteiger charge is -1.99. The number of non-ortho nitro benzene ring substituents is 1. The second-order valence-electron chi connectivity index (χ2n) is 3.18. The second kappa shape index (κ2) is 3.58. The van der Waals surface area contributed by atoms with E-state index in [2.05, 4.69) is 5.32 Å². The van der Waals surface area contributed by atoms with Crippen LogP contribution in [0.2, 0.25) is 0 Å². The van der Waals surface area contributed by atoms with Gasteiger partial charge in [-0.15, -0.1) is 0 Å². The Morgan fingerprint density at radius 1 is 1.25 bits per heavy atom. The number of hydrogen-bond donors (Lipinski definition) is 1. The quantitative estimate of drug-likeness (QED) is 0.448. The van der Waals surface area contributed by atoms with Gasteiger partial charge in [-0.05, 0) is 5.56 Å². The molecule has 6 heteroatoms. The van der Waals surface area contributed by atoms with Crippen LogP contribution >= 0.6 is 0 Å². The van der Waals surface area contributed by atoms with E-state index in [4.69, 9.17) is 0 Å². The third-order valence-corrected chi connectivity index (χ3v) is 2.12. The van der Waals surface area contributed by atoms with Crippen LogP contribution < -0.4 is 5.32 Å². The number of nitrogens with one attached hydrogen (secondary N) is 1. The van der Waals surface area contributed by atoms with Crippen LogP contribution in [0.4, 0.5) is 5.69 Å². The summed E-state index contributed by atoms with van der Waals surface area (Å²) in [5, 5.41) is 12.6. The first-order chi connectivity index (χ1) is 7.58. The summed E-state index contributed by atoms with van der Waals surface area (Å²) in [6.07, 6.45) is 1.13. The standard InChI is InChI=1S/C10H6N2O4/c13-9-5-8(10(14)11-9)6-2-1-3-7(4-6)12(15)16/h1-5H,(H,11,13,14). The van der Waals surface area contributed by atoms with Crippen molar-refractivity contribution in [3.8, 4) is 0 Å². The Labute approximate surface area is 89.7 Å². The third kappa shape index (κ3) is 1.68. The first-order valence-corrected chi connectivity index (χ1v) is 4.40. The molecule has 2 amide bonds. The monoisotopic (exact) mass is 218 g/mol. The molecule has 1 aliphatic heterocycles. The maximum absolute atomic E-state index is 11.3. The first kappa shape index (κ1) is 10.0. The molecule has 0 saturated carbocycles. The van der Waals surface area contributed by atoms with E-state index in [0.717, 1.165) is 6.08 Å². The zero-order chi connectivity index (χ0) is 11.7. The number of nitro groups is 1. The highest BCUT2D eigenvalue weighted by Gasteiger charge is 2.23. The lowest BCUT2D eigenvalue weighted by Crippen LogP contribution is -2.21. The Bertz CT molecular complexity index is 533. The van der Waals surface area contributed by atoms with Gasteiger partial charge in [-0.1, -0.05) is 12.1 Å². The van der Waals surface area contributed by atoms with Gasteiger partial charge in [0.15, 0.2) is 0 Å². The smallest absolute Gasteiger partial charge is 0.270 e. The molecule has 1 aromatic rings. The van der Waals surface area contributed by atoms with Crippen LogP contribution in [0.15, 0.2) is 30.3 Å². The molecule has 0 radical (unpaired) electrons. The van der Waals surface area contributed by atoms with Gasteiger partial charge in [0, 0.05) is 18.2 Å². The van der Waals surface area contributed by atoms with Crippen LogP contribution in [-0.4, -0.2) is 16.7 Å². The Balaban J connectivity index is 2.45. The molecule has 1 N–H and O–H groups in total. The molecule has 0 spiro atoms. The fourth-order valence-corrected chi connectivity index (χ4v) is 1.41. The van der Waals surface area contributed by atoms with Crippen LogP contribution in [0.1, 0.15) is 5.56 Å². The molecule has 0 unspecified atom stereocenters. The molecule has 0 bridgehead atoms. The van der Waals surface area contributed by atoms with Gasteiger partial charge in [0.1, 0.15) is 0 Å². The van der Waals surface area contributed by atoms with Gasteiger partial charge in [-0.25, -0.2) is 0 Å². The van der Waals surface area contributed by atoms with E-state index in [0.29, 0.717) is 5.56 Å². The summed E-state index contributed by atoms with van der Waals surface area (Å²) >= 11 is 0. The molecule has 2 rings (SSSR count). The number of hydrogen-bond acceptors (Lipinski definition) is 4. The van der Waals surface area contributed by atoms with Gasteiger partial charge in [0.25, 0.3) is 17.5 Å².